The van der Waals surface area contributed by atoms with Gasteiger partial charge < -0.3 is 10.3 Å². The Bertz CT molecular complexity index is 375. The molecule has 0 unspecified atom stereocenters. The number of imidazole rings is 1. The van der Waals surface area contributed by atoms with Gasteiger partial charge >= 0.3 is 0 Å². The normalized spacial score (nSPS) is 10.6. The van der Waals surface area contributed by atoms with E-state index in [-0.39, 0.29) is 0 Å². The molecule has 0 atom stereocenters. The number of aromatic nitrogens is 6. The second kappa shape index (κ2) is 3.44. The van der Waals surface area contributed by atoms with E-state index in [9.17, 15) is 0 Å². The number of nitrogens with zero attached hydrogens (tertiary/aromatic N) is 6. The topological polar surface area (TPSA) is 87.4 Å². The summed E-state index contributed by atoms with van der Waals surface area (Å²) in [6.07, 6.45) is 4.43. The van der Waals surface area contributed by atoms with Crippen molar-refractivity contribution >= 4 is 5.95 Å². The first-order chi connectivity index (χ1) is 6.77. The lowest BCUT2D eigenvalue weighted by Gasteiger charge is -2.01. The first-order valence-electron chi connectivity index (χ1n) is 4.25. The van der Waals surface area contributed by atoms with Gasteiger partial charge in [-0.3, -0.25) is 0 Å². The van der Waals surface area contributed by atoms with Gasteiger partial charge in [-0.1, -0.05) is 5.10 Å². The van der Waals surface area contributed by atoms with E-state index in [0.717, 1.165) is 12.2 Å². The minimum atomic E-state index is 0.333. The molecule has 2 N–H and O–H groups in total. The van der Waals surface area contributed by atoms with Crippen molar-refractivity contribution in [2.24, 2.45) is 7.05 Å². The van der Waals surface area contributed by atoms with Gasteiger partial charge in [0.05, 0.1) is 6.54 Å². The molecule has 7 heteroatoms. The molecule has 0 aliphatic carbocycles. The summed E-state index contributed by atoms with van der Waals surface area (Å²) in [5.74, 6) is 1.32. The summed E-state index contributed by atoms with van der Waals surface area (Å²) in [5, 5.41) is 10.8. The quantitative estimate of drug-likeness (QED) is 0.691. The van der Waals surface area contributed by atoms with Gasteiger partial charge in [-0.05, 0) is 10.4 Å². The van der Waals surface area contributed by atoms with Crippen LogP contribution < -0.4 is 5.73 Å². The van der Waals surface area contributed by atoms with Crippen molar-refractivity contribution in [3.05, 3.63) is 18.2 Å². The Morgan fingerprint density at radius 2 is 2.36 bits per heavy atom. The van der Waals surface area contributed by atoms with Crippen molar-refractivity contribution in [3.63, 3.8) is 0 Å². The van der Waals surface area contributed by atoms with Crippen LogP contribution in [0.1, 0.15) is 5.82 Å². The van der Waals surface area contributed by atoms with Crippen LogP contribution in [0.15, 0.2) is 12.4 Å². The zero-order chi connectivity index (χ0) is 9.97. The van der Waals surface area contributed by atoms with Crippen LogP contribution in [0.2, 0.25) is 0 Å². The van der Waals surface area contributed by atoms with Crippen LogP contribution in [-0.4, -0.2) is 29.8 Å². The third kappa shape index (κ3) is 1.56. The molecule has 2 aromatic heterocycles. The average molecular weight is 193 g/mol. The van der Waals surface area contributed by atoms with Gasteiger partial charge in [-0.15, -0.1) is 0 Å². The van der Waals surface area contributed by atoms with E-state index >= 15 is 0 Å². The summed E-state index contributed by atoms with van der Waals surface area (Å²) in [6, 6.07) is 0. The Labute approximate surface area is 80.5 Å². The summed E-state index contributed by atoms with van der Waals surface area (Å²) < 4.78 is 3.51. The number of hydrogen-bond donors (Lipinski definition) is 1. The van der Waals surface area contributed by atoms with Gasteiger partial charge in [0.1, 0.15) is 5.82 Å². The lowest BCUT2D eigenvalue weighted by Crippen LogP contribution is -2.09. The molecule has 2 aromatic rings. The molecule has 2 heterocycles. The first kappa shape index (κ1) is 8.67. The highest BCUT2D eigenvalue weighted by atomic mass is 15.6. The zero-order valence-electron chi connectivity index (χ0n) is 7.83. The summed E-state index contributed by atoms with van der Waals surface area (Å²) in [5.41, 5.74) is 5.52. The molecule has 0 radical (unpaired) electrons. The Morgan fingerprint density at radius 1 is 1.50 bits per heavy atom. The van der Waals surface area contributed by atoms with Gasteiger partial charge in [0.25, 0.3) is 0 Å². The summed E-state index contributed by atoms with van der Waals surface area (Å²) in [6.45, 7) is 0.643. The SMILES string of the molecule is Cn1ccnc1CCn1nnnc1N. The number of anilines is 1. The second-order valence-electron chi connectivity index (χ2n) is 2.96. The van der Waals surface area contributed by atoms with Crippen molar-refractivity contribution in [3.8, 4) is 0 Å². The molecule has 7 nitrogen and oxygen atoms in total. The minimum absolute atomic E-state index is 0.333. The Hall–Kier alpha value is -1.92. The van der Waals surface area contributed by atoms with Crippen LogP contribution in [0.4, 0.5) is 5.95 Å². The number of nitrogen functional groups attached to an aromatic ring is 1. The van der Waals surface area contributed by atoms with Crippen molar-refractivity contribution in [1.29, 1.82) is 0 Å². The van der Waals surface area contributed by atoms with Gasteiger partial charge in [-0.2, -0.15) is 0 Å². The molecular weight excluding hydrogens is 182 g/mol. The van der Waals surface area contributed by atoms with Crippen LogP contribution in [0, 0.1) is 0 Å². The number of hydrogen-bond acceptors (Lipinski definition) is 5. The van der Waals surface area contributed by atoms with E-state index in [0.29, 0.717) is 12.5 Å². The Kier molecular flexibility index (Phi) is 2.13. The van der Waals surface area contributed by atoms with Crippen molar-refractivity contribution < 1.29 is 0 Å². The highest BCUT2D eigenvalue weighted by Crippen LogP contribution is 1.99. The van der Waals surface area contributed by atoms with Crippen molar-refractivity contribution in [1.82, 2.24) is 29.8 Å². The molecule has 0 aliphatic heterocycles. The molecule has 14 heavy (non-hydrogen) atoms. The lowest BCUT2D eigenvalue weighted by molar-refractivity contribution is 0.575. The van der Waals surface area contributed by atoms with Gasteiger partial charge in [0.15, 0.2) is 0 Å². The van der Waals surface area contributed by atoms with Crippen molar-refractivity contribution in [2.75, 3.05) is 5.73 Å². The van der Waals surface area contributed by atoms with Crippen LogP contribution >= 0.6 is 0 Å². The smallest absolute Gasteiger partial charge is 0.240 e. The molecule has 0 saturated heterocycles. The molecule has 0 amide bonds. The molecule has 0 aromatic carbocycles. The van der Waals surface area contributed by atoms with E-state index in [1.165, 1.54) is 0 Å². The van der Waals surface area contributed by atoms with Crippen molar-refractivity contribution in [2.45, 2.75) is 13.0 Å². The fourth-order valence-corrected chi connectivity index (χ4v) is 1.21. The number of tetrazole rings is 1. The predicted octanol–water partition coefficient (Wildman–Crippen LogP) is -0.769. The zero-order valence-corrected chi connectivity index (χ0v) is 7.83. The maximum absolute atomic E-state index is 5.52. The molecular formula is C7H11N7. The van der Waals surface area contributed by atoms with Gasteiger partial charge in [-0.25, -0.2) is 9.67 Å². The van der Waals surface area contributed by atoms with E-state index in [2.05, 4.69) is 20.5 Å². The molecule has 0 saturated carbocycles. The Balaban J connectivity index is 2.02. The average Bonchev–Trinajstić information content (AvgIpc) is 2.72. The van der Waals surface area contributed by atoms with E-state index in [4.69, 9.17) is 5.73 Å². The number of rotatable bonds is 3. The lowest BCUT2D eigenvalue weighted by atomic mass is 10.4. The highest BCUT2D eigenvalue weighted by molar-refractivity contribution is 5.10. The van der Waals surface area contributed by atoms with Gasteiger partial charge in [0, 0.05) is 25.9 Å². The molecule has 74 valence electrons. The number of nitrogens with two attached hydrogens (primary N) is 1. The van der Waals surface area contributed by atoms with Crippen LogP contribution in [0.25, 0.3) is 0 Å². The maximum atomic E-state index is 5.52. The van der Waals surface area contributed by atoms with E-state index in [1.807, 2.05) is 17.8 Å². The summed E-state index contributed by atoms with van der Waals surface area (Å²) >= 11 is 0. The fourth-order valence-electron chi connectivity index (χ4n) is 1.21. The fraction of sp³-hybridized carbons (Fsp3) is 0.429. The van der Waals surface area contributed by atoms with Crippen LogP contribution in [0.3, 0.4) is 0 Å². The van der Waals surface area contributed by atoms with Crippen LogP contribution in [0.5, 0.6) is 0 Å². The van der Waals surface area contributed by atoms with E-state index in [1.54, 1.807) is 10.9 Å². The summed E-state index contributed by atoms with van der Waals surface area (Å²) in [4.78, 5) is 4.19. The minimum Gasteiger partial charge on any atom is -0.367 e. The van der Waals surface area contributed by atoms with Crippen LogP contribution in [-0.2, 0) is 20.0 Å². The second-order valence-corrected chi connectivity index (χ2v) is 2.96. The molecule has 0 fully saturated rings. The third-order valence-electron chi connectivity index (χ3n) is 2.03. The molecule has 0 aliphatic rings. The largest absolute Gasteiger partial charge is 0.367 e. The monoisotopic (exact) mass is 193 g/mol. The molecule has 0 bridgehead atoms. The third-order valence-corrected chi connectivity index (χ3v) is 2.03. The highest BCUT2D eigenvalue weighted by Gasteiger charge is 2.03. The Morgan fingerprint density at radius 3 is 2.93 bits per heavy atom. The van der Waals surface area contributed by atoms with E-state index < -0.39 is 0 Å². The standard InChI is InChI=1S/C7H11N7/c1-13-5-3-9-6(13)2-4-14-7(8)10-11-12-14/h3,5H,2,4H2,1H3,(H2,8,10,12). The van der Waals surface area contributed by atoms with Gasteiger partial charge in [0.2, 0.25) is 5.95 Å². The molecule has 0 spiro atoms. The molecule has 2 rings (SSSR count). The number of aryl methyl sites for hydroxylation is 3. The summed E-state index contributed by atoms with van der Waals surface area (Å²) in [7, 11) is 1.95. The maximum Gasteiger partial charge on any atom is 0.240 e. The first-order valence-corrected chi connectivity index (χ1v) is 4.25. The predicted molar refractivity (Wildman–Crippen MR) is 49.1 cm³/mol.